The number of rotatable bonds is 4. The second-order valence-electron chi connectivity index (χ2n) is 6.58. The SMILES string of the molecule is CC[C@@H](O)[C@@H]1CN(c2nc(-c3[nH]nc4ncccc34)c(F)cc2F)CCN1.[HH].[HH]. The number of halogens is 2. The molecule has 4 rings (SSSR count). The van der Waals surface area contributed by atoms with E-state index in [1.807, 2.05) is 6.92 Å². The van der Waals surface area contributed by atoms with Crippen LogP contribution < -0.4 is 10.2 Å². The molecule has 9 heteroatoms. The highest BCUT2D eigenvalue weighted by Gasteiger charge is 2.28. The van der Waals surface area contributed by atoms with Crippen LogP contribution in [0.5, 0.6) is 0 Å². The van der Waals surface area contributed by atoms with Gasteiger partial charge in [-0.1, -0.05) is 6.92 Å². The summed E-state index contributed by atoms with van der Waals surface area (Å²) in [6.07, 6.45) is 1.63. The minimum absolute atomic E-state index is 0. The van der Waals surface area contributed by atoms with E-state index in [4.69, 9.17) is 0 Å². The Morgan fingerprint density at radius 2 is 2.26 bits per heavy atom. The van der Waals surface area contributed by atoms with Gasteiger partial charge in [0.2, 0.25) is 0 Å². The van der Waals surface area contributed by atoms with Crippen LogP contribution in [0.25, 0.3) is 22.4 Å². The van der Waals surface area contributed by atoms with E-state index in [0.717, 1.165) is 6.07 Å². The second kappa shape index (κ2) is 7.16. The zero-order valence-corrected chi connectivity index (χ0v) is 14.8. The Bertz CT molecular complexity index is 973. The first-order chi connectivity index (χ1) is 13.1. The zero-order valence-electron chi connectivity index (χ0n) is 14.8. The van der Waals surface area contributed by atoms with Gasteiger partial charge in [-0.3, -0.25) is 5.10 Å². The van der Waals surface area contributed by atoms with Crippen LogP contribution >= 0.6 is 0 Å². The number of H-pyrrole nitrogens is 1. The van der Waals surface area contributed by atoms with Crippen LogP contribution in [0.2, 0.25) is 0 Å². The molecule has 0 amide bonds. The minimum atomic E-state index is -0.772. The number of aromatic nitrogens is 4. The molecule has 0 saturated carbocycles. The van der Waals surface area contributed by atoms with Crippen LogP contribution in [0.3, 0.4) is 0 Å². The Hall–Kier alpha value is -2.65. The number of pyridine rings is 2. The molecule has 2 atom stereocenters. The van der Waals surface area contributed by atoms with E-state index in [1.54, 1.807) is 23.2 Å². The van der Waals surface area contributed by atoms with Crippen molar-refractivity contribution in [2.75, 3.05) is 24.5 Å². The fourth-order valence-electron chi connectivity index (χ4n) is 3.40. The van der Waals surface area contributed by atoms with E-state index >= 15 is 0 Å². The highest BCUT2D eigenvalue weighted by atomic mass is 19.1. The molecule has 3 aromatic rings. The first-order valence-corrected chi connectivity index (χ1v) is 8.90. The Morgan fingerprint density at radius 1 is 1.41 bits per heavy atom. The molecule has 4 heterocycles. The summed E-state index contributed by atoms with van der Waals surface area (Å²) < 4.78 is 29.0. The van der Waals surface area contributed by atoms with Crippen molar-refractivity contribution in [2.45, 2.75) is 25.5 Å². The topological polar surface area (TPSA) is 90.0 Å². The van der Waals surface area contributed by atoms with Crippen LogP contribution in [0.4, 0.5) is 14.6 Å². The highest BCUT2D eigenvalue weighted by molar-refractivity contribution is 5.89. The Balaban J connectivity index is 0.00000150. The summed E-state index contributed by atoms with van der Waals surface area (Å²) in [5.41, 5.74) is 0.790. The van der Waals surface area contributed by atoms with Gasteiger partial charge < -0.3 is 15.3 Å². The Kier molecular flexibility index (Phi) is 4.71. The molecule has 0 bridgehead atoms. The van der Waals surface area contributed by atoms with Crippen molar-refractivity contribution in [2.24, 2.45) is 0 Å². The summed E-state index contributed by atoms with van der Waals surface area (Å²) in [7, 11) is 0. The average molecular weight is 378 g/mol. The van der Waals surface area contributed by atoms with Gasteiger partial charge in [-0.05, 0) is 18.6 Å². The molecule has 0 radical (unpaired) electrons. The fourth-order valence-corrected chi connectivity index (χ4v) is 3.40. The summed E-state index contributed by atoms with van der Waals surface area (Å²) in [4.78, 5) is 10.1. The average Bonchev–Trinajstić information content (AvgIpc) is 3.11. The Morgan fingerprint density at radius 3 is 3.07 bits per heavy atom. The molecule has 0 aromatic carbocycles. The van der Waals surface area contributed by atoms with Crippen LogP contribution in [0.1, 0.15) is 16.2 Å². The molecule has 1 aliphatic rings. The number of fused-ring (bicyclic) bond motifs is 1. The van der Waals surface area contributed by atoms with Gasteiger partial charge in [-0.2, -0.15) is 5.10 Å². The summed E-state index contributed by atoms with van der Waals surface area (Å²) in [5, 5.41) is 20.7. The number of nitrogens with zero attached hydrogens (tertiary/aromatic N) is 4. The van der Waals surface area contributed by atoms with Crippen molar-refractivity contribution in [1.29, 1.82) is 0 Å². The quantitative estimate of drug-likeness (QED) is 0.646. The summed E-state index contributed by atoms with van der Waals surface area (Å²) in [6, 6.07) is 4.12. The lowest BCUT2D eigenvalue weighted by Gasteiger charge is -2.36. The molecular weight excluding hydrogens is 354 g/mol. The lowest BCUT2D eigenvalue weighted by molar-refractivity contribution is 0.120. The van der Waals surface area contributed by atoms with E-state index in [9.17, 15) is 13.9 Å². The molecule has 1 fully saturated rings. The van der Waals surface area contributed by atoms with E-state index < -0.39 is 17.7 Å². The third kappa shape index (κ3) is 3.24. The number of aliphatic hydroxyl groups is 1. The standard InChI is InChI=1S/C18H20F2N6O.2H2/c1-2-14(27)13-9-26(7-6-21-13)18-12(20)8-11(19)16(23-18)15-10-4-3-5-22-17(10)25-24-15;;/h3-5,8,13-14,21,27H,2,6-7,9H2,1H3,(H,22,24,25);2*1H/t13-,14+;;/m0../s1. The van der Waals surface area contributed by atoms with Gasteiger partial charge in [0, 0.05) is 40.1 Å². The van der Waals surface area contributed by atoms with Gasteiger partial charge in [0.25, 0.3) is 0 Å². The number of piperazine rings is 1. The largest absolute Gasteiger partial charge is 0.391 e. The molecular formula is C18H24F2N6O. The third-order valence-electron chi connectivity index (χ3n) is 4.87. The lowest BCUT2D eigenvalue weighted by atomic mass is 10.1. The normalized spacial score (nSPS) is 18.8. The maximum atomic E-state index is 14.5. The molecule has 7 nitrogen and oxygen atoms in total. The van der Waals surface area contributed by atoms with E-state index in [2.05, 4.69) is 25.5 Å². The summed E-state index contributed by atoms with van der Waals surface area (Å²) in [5.74, 6) is -1.44. The monoisotopic (exact) mass is 378 g/mol. The highest BCUT2D eigenvalue weighted by Crippen LogP contribution is 2.30. The number of anilines is 1. The van der Waals surface area contributed by atoms with Crippen LogP contribution in [0.15, 0.2) is 24.4 Å². The smallest absolute Gasteiger partial charge is 0.181 e. The van der Waals surface area contributed by atoms with Crippen molar-refractivity contribution < 1.29 is 16.7 Å². The number of aromatic amines is 1. The molecule has 1 saturated heterocycles. The first kappa shape index (κ1) is 17.7. The van der Waals surface area contributed by atoms with Crippen LogP contribution in [-0.4, -0.2) is 57.1 Å². The molecule has 0 spiro atoms. The van der Waals surface area contributed by atoms with Crippen LogP contribution in [-0.2, 0) is 0 Å². The number of aliphatic hydroxyl groups excluding tert-OH is 1. The van der Waals surface area contributed by atoms with Crippen molar-refractivity contribution >= 4 is 16.9 Å². The van der Waals surface area contributed by atoms with Gasteiger partial charge in [-0.15, -0.1) is 0 Å². The van der Waals surface area contributed by atoms with Crippen molar-refractivity contribution in [3.05, 3.63) is 36.0 Å². The first-order valence-electron chi connectivity index (χ1n) is 8.90. The summed E-state index contributed by atoms with van der Waals surface area (Å²) >= 11 is 0. The summed E-state index contributed by atoms with van der Waals surface area (Å²) in [6.45, 7) is 3.35. The fraction of sp³-hybridized carbons (Fsp3) is 0.389. The molecule has 3 N–H and O–H groups in total. The van der Waals surface area contributed by atoms with E-state index in [0.29, 0.717) is 42.8 Å². The van der Waals surface area contributed by atoms with Crippen molar-refractivity contribution in [1.82, 2.24) is 25.5 Å². The van der Waals surface area contributed by atoms with E-state index in [-0.39, 0.29) is 20.4 Å². The third-order valence-corrected chi connectivity index (χ3v) is 4.87. The van der Waals surface area contributed by atoms with Gasteiger partial charge in [-0.25, -0.2) is 18.7 Å². The molecule has 146 valence electrons. The molecule has 27 heavy (non-hydrogen) atoms. The van der Waals surface area contributed by atoms with Crippen molar-refractivity contribution in [3.8, 4) is 11.4 Å². The second-order valence-corrected chi connectivity index (χ2v) is 6.58. The zero-order chi connectivity index (χ0) is 19.0. The number of hydrogen-bond donors (Lipinski definition) is 3. The predicted octanol–water partition coefficient (Wildman–Crippen LogP) is 2.34. The maximum absolute atomic E-state index is 14.5. The van der Waals surface area contributed by atoms with Gasteiger partial charge in [0.15, 0.2) is 23.1 Å². The molecule has 3 aromatic heterocycles. The minimum Gasteiger partial charge on any atom is -0.391 e. The lowest BCUT2D eigenvalue weighted by Crippen LogP contribution is -2.56. The molecule has 0 aliphatic carbocycles. The van der Waals surface area contributed by atoms with E-state index in [1.165, 1.54) is 0 Å². The Labute approximate surface area is 157 Å². The maximum Gasteiger partial charge on any atom is 0.181 e. The number of hydrogen-bond acceptors (Lipinski definition) is 6. The van der Waals surface area contributed by atoms with Gasteiger partial charge in [0.1, 0.15) is 5.69 Å². The van der Waals surface area contributed by atoms with Crippen molar-refractivity contribution in [3.63, 3.8) is 0 Å². The van der Waals surface area contributed by atoms with Gasteiger partial charge >= 0.3 is 0 Å². The van der Waals surface area contributed by atoms with Crippen LogP contribution in [0, 0.1) is 11.6 Å². The predicted molar refractivity (Wildman–Crippen MR) is 102 cm³/mol. The van der Waals surface area contributed by atoms with Gasteiger partial charge in [0.05, 0.1) is 17.8 Å². The molecule has 1 aliphatic heterocycles. The molecule has 0 unspecified atom stereocenters. The number of nitrogens with one attached hydrogen (secondary N) is 2.